The molecule has 1 heterocycles. The summed E-state index contributed by atoms with van der Waals surface area (Å²) in [6.45, 7) is 2.02. The predicted molar refractivity (Wildman–Crippen MR) is 113 cm³/mol. The van der Waals surface area contributed by atoms with Crippen molar-refractivity contribution in [2.75, 3.05) is 5.32 Å². The van der Waals surface area contributed by atoms with E-state index >= 15 is 0 Å². The van der Waals surface area contributed by atoms with Gasteiger partial charge >= 0.3 is 0 Å². The number of rotatable bonds is 4. The lowest BCUT2D eigenvalue weighted by molar-refractivity contribution is 0.102. The van der Waals surface area contributed by atoms with E-state index in [1.165, 1.54) is 18.2 Å². The number of aryl methyl sites for hydroxylation is 1. The molecule has 0 unspecified atom stereocenters. The van der Waals surface area contributed by atoms with Crippen LogP contribution in [-0.2, 0) is 0 Å². The number of amides is 1. The van der Waals surface area contributed by atoms with Crippen molar-refractivity contribution in [1.82, 2.24) is 9.78 Å². The number of aromatic nitrogens is 2. The summed E-state index contributed by atoms with van der Waals surface area (Å²) in [7, 11) is 0. The molecule has 6 heteroatoms. The Bertz CT molecular complexity index is 1170. The summed E-state index contributed by atoms with van der Waals surface area (Å²) in [5, 5.41) is 7.43. The van der Waals surface area contributed by atoms with Crippen LogP contribution >= 0.6 is 11.6 Å². The van der Waals surface area contributed by atoms with E-state index in [4.69, 9.17) is 11.6 Å². The predicted octanol–water partition coefficient (Wildman–Crippen LogP) is 5.89. The second-order valence-corrected chi connectivity index (χ2v) is 7.02. The van der Waals surface area contributed by atoms with Crippen LogP contribution in [-0.4, -0.2) is 15.7 Å². The van der Waals surface area contributed by atoms with Crippen LogP contribution in [0.2, 0.25) is 5.02 Å². The van der Waals surface area contributed by atoms with Crippen molar-refractivity contribution in [1.29, 1.82) is 0 Å². The van der Waals surface area contributed by atoms with Crippen molar-refractivity contribution in [2.24, 2.45) is 0 Å². The Labute approximate surface area is 172 Å². The van der Waals surface area contributed by atoms with Crippen molar-refractivity contribution in [3.05, 3.63) is 101 Å². The third-order valence-corrected chi connectivity index (χ3v) is 4.77. The van der Waals surface area contributed by atoms with Crippen molar-refractivity contribution in [2.45, 2.75) is 6.92 Å². The van der Waals surface area contributed by atoms with E-state index in [0.717, 1.165) is 22.5 Å². The van der Waals surface area contributed by atoms with Gasteiger partial charge in [0.25, 0.3) is 5.91 Å². The van der Waals surface area contributed by atoms with Crippen LogP contribution in [0.1, 0.15) is 15.9 Å². The number of benzene rings is 3. The molecule has 0 fully saturated rings. The fourth-order valence-corrected chi connectivity index (χ4v) is 3.11. The molecule has 1 amide bonds. The highest BCUT2D eigenvalue weighted by Gasteiger charge is 2.15. The largest absolute Gasteiger partial charge is 0.306 e. The van der Waals surface area contributed by atoms with E-state index in [0.29, 0.717) is 5.82 Å². The molecule has 1 N–H and O–H groups in total. The average Bonchev–Trinajstić information content (AvgIpc) is 3.15. The van der Waals surface area contributed by atoms with Gasteiger partial charge in [0.1, 0.15) is 11.6 Å². The molecule has 0 bridgehead atoms. The highest BCUT2D eigenvalue weighted by molar-refractivity contribution is 6.31. The number of para-hydroxylation sites is 1. The SMILES string of the molecule is Cc1ccc(-c2cc(NC(=O)c3ccc(F)c(Cl)c3)n(-c3ccccc3)n2)cc1. The van der Waals surface area contributed by atoms with Crippen LogP contribution < -0.4 is 5.32 Å². The minimum absolute atomic E-state index is 0.102. The monoisotopic (exact) mass is 405 g/mol. The number of nitrogens with one attached hydrogen (secondary N) is 1. The van der Waals surface area contributed by atoms with E-state index in [9.17, 15) is 9.18 Å². The van der Waals surface area contributed by atoms with E-state index in [1.807, 2.05) is 61.5 Å². The van der Waals surface area contributed by atoms with Gasteiger partial charge in [-0.15, -0.1) is 0 Å². The van der Waals surface area contributed by atoms with Crippen molar-refractivity contribution in [3.63, 3.8) is 0 Å². The fourth-order valence-electron chi connectivity index (χ4n) is 2.93. The Kier molecular flexibility index (Phi) is 5.14. The maximum atomic E-state index is 13.4. The maximum Gasteiger partial charge on any atom is 0.256 e. The number of halogens is 2. The van der Waals surface area contributed by atoms with Crippen LogP contribution in [0, 0.1) is 12.7 Å². The first kappa shape index (κ1) is 18.9. The molecule has 0 atom stereocenters. The lowest BCUT2D eigenvalue weighted by Crippen LogP contribution is -2.15. The molecule has 4 rings (SSSR count). The lowest BCUT2D eigenvalue weighted by Gasteiger charge is -2.09. The third kappa shape index (κ3) is 4.05. The fraction of sp³-hybridized carbons (Fsp3) is 0.0435. The van der Waals surface area contributed by atoms with Crippen LogP contribution in [0.4, 0.5) is 10.2 Å². The number of hydrogen-bond acceptors (Lipinski definition) is 2. The van der Waals surface area contributed by atoms with Crippen LogP contribution in [0.25, 0.3) is 16.9 Å². The first-order valence-electron chi connectivity index (χ1n) is 9.00. The normalized spacial score (nSPS) is 10.7. The highest BCUT2D eigenvalue weighted by Crippen LogP contribution is 2.26. The van der Waals surface area contributed by atoms with Gasteiger partial charge in [-0.1, -0.05) is 59.6 Å². The molecular weight excluding hydrogens is 389 g/mol. The van der Waals surface area contributed by atoms with Gasteiger partial charge in [0.15, 0.2) is 0 Å². The van der Waals surface area contributed by atoms with Gasteiger partial charge < -0.3 is 5.32 Å². The number of hydrogen-bond donors (Lipinski definition) is 1. The molecule has 0 saturated carbocycles. The number of anilines is 1. The Morgan fingerprint density at radius 1 is 1.00 bits per heavy atom. The molecule has 0 aliphatic rings. The van der Waals surface area contributed by atoms with Gasteiger partial charge in [0, 0.05) is 17.2 Å². The van der Waals surface area contributed by atoms with E-state index in [-0.39, 0.29) is 10.6 Å². The molecule has 0 saturated heterocycles. The van der Waals surface area contributed by atoms with Crippen molar-refractivity contribution < 1.29 is 9.18 Å². The molecule has 29 heavy (non-hydrogen) atoms. The summed E-state index contributed by atoms with van der Waals surface area (Å²) < 4.78 is 15.1. The Balaban J connectivity index is 1.73. The number of carbonyl (C=O) groups excluding carboxylic acids is 1. The second kappa shape index (κ2) is 7.89. The minimum atomic E-state index is -0.570. The zero-order valence-electron chi connectivity index (χ0n) is 15.6. The molecular formula is C23H17ClFN3O. The van der Waals surface area contributed by atoms with Crippen LogP contribution in [0.15, 0.2) is 78.9 Å². The zero-order valence-corrected chi connectivity index (χ0v) is 16.3. The summed E-state index contributed by atoms with van der Waals surface area (Å²) in [5.41, 5.74) is 3.87. The maximum absolute atomic E-state index is 13.4. The first-order chi connectivity index (χ1) is 14.0. The molecule has 0 aliphatic carbocycles. The zero-order chi connectivity index (χ0) is 20.4. The van der Waals surface area contributed by atoms with E-state index < -0.39 is 11.7 Å². The minimum Gasteiger partial charge on any atom is -0.306 e. The Morgan fingerprint density at radius 2 is 1.72 bits per heavy atom. The summed E-state index contributed by atoms with van der Waals surface area (Å²) >= 11 is 5.81. The molecule has 1 aromatic heterocycles. The van der Waals surface area contributed by atoms with E-state index in [2.05, 4.69) is 10.4 Å². The quantitative estimate of drug-likeness (QED) is 0.460. The summed E-state index contributed by atoms with van der Waals surface area (Å²) in [6.07, 6.45) is 0. The average molecular weight is 406 g/mol. The molecule has 0 aliphatic heterocycles. The van der Waals surface area contributed by atoms with Gasteiger partial charge in [-0.3, -0.25) is 4.79 Å². The van der Waals surface area contributed by atoms with Gasteiger partial charge in [0.2, 0.25) is 0 Å². The molecule has 4 aromatic rings. The highest BCUT2D eigenvalue weighted by atomic mass is 35.5. The Hall–Kier alpha value is -3.44. The van der Waals surface area contributed by atoms with Crippen LogP contribution in [0.3, 0.4) is 0 Å². The first-order valence-corrected chi connectivity index (χ1v) is 9.38. The summed E-state index contributed by atoms with van der Waals surface area (Å²) in [6, 6.07) is 23.2. The summed E-state index contributed by atoms with van der Waals surface area (Å²) in [4.78, 5) is 12.7. The van der Waals surface area contributed by atoms with Crippen molar-refractivity contribution >= 4 is 23.3 Å². The number of nitrogens with zero attached hydrogens (tertiary/aromatic N) is 2. The summed E-state index contributed by atoms with van der Waals surface area (Å²) in [5.74, 6) is -0.476. The lowest BCUT2D eigenvalue weighted by atomic mass is 10.1. The van der Waals surface area contributed by atoms with Gasteiger partial charge in [-0.05, 0) is 37.3 Å². The smallest absolute Gasteiger partial charge is 0.256 e. The molecule has 144 valence electrons. The second-order valence-electron chi connectivity index (χ2n) is 6.61. The molecule has 3 aromatic carbocycles. The molecule has 0 spiro atoms. The van der Waals surface area contributed by atoms with Gasteiger partial charge in [0.05, 0.1) is 16.4 Å². The van der Waals surface area contributed by atoms with E-state index in [1.54, 1.807) is 10.7 Å². The number of carbonyl (C=O) groups is 1. The topological polar surface area (TPSA) is 46.9 Å². The van der Waals surface area contributed by atoms with Gasteiger partial charge in [-0.25, -0.2) is 9.07 Å². The standard InChI is InChI=1S/C23H17ClFN3O/c1-15-7-9-16(10-8-15)21-14-22(28(27-21)18-5-3-2-4-6-18)26-23(29)17-11-12-20(25)19(24)13-17/h2-14H,1H3,(H,26,29). The Morgan fingerprint density at radius 3 is 2.41 bits per heavy atom. The van der Waals surface area contributed by atoms with Crippen molar-refractivity contribution in [3.8, 4) is 16.9 Å². The molecule has 4 nitrogen and oxygen atoms in total. The van der Waals surface area contributed by atoms with Crippen LogP contribution in [0.5, 0.6) is 0 Å². The van der Waals surface area contributed by atoms with Gasteiger partial charge in [-0.2, -0.15) is 5.10 Å². The molecule has 0 radical (unpaired) electrons. The third-order valence-electron chi connectivity index (χ3n) is 4.48.